The third kappa shape index (κ3) is 4.41. The van der Waals surface area contributed by atoms with Gasteiger partial charge in [-0.05, 0) is 29.5 Å². The Morgan fingerprint density at radius 1 is 1.00 bits per heavy atom. The van der Waals surface area contributed by atoms with Crippen molar-refractivity contribution < 1.29 is 15.0 Å². The largest absolute Gasteiger partial charge is 0.479 e. The second-order valence-corrected chi connectivity index (χ2v) is 5.12. The summed E-state index contributed by atoms with van der Waals surface area (Å²) in [4.78, 5) is 10.6. The number of nitrogens with two attached hydrogens (primary N) is 1. The van der Waals surface area contributed by atoms with Gasteiger partial charge in [-0.3, -0.25) is 0 Å². The quantitative estimate of drug-likeness (QED) is 0.758. The van der Waals surface area contributed by atoms with E-state index in [1.165, 1.54) is 0 Å². The van der Waals surface area contributed by atoms with Crippen LogP contribution in [0.5, 0.6) is 0 Å². The van der Waals surface area contributed by atoms with Crippen LogP contribution < -0.4 is 5.73 Å². The first-order valence-corrected chi connectivity index (χ1v) is 6.87. The molecule has 2 aromatic rings. The first-order valence-electron chi connectivity index (χ1n) is 6.87. The molecule has 4 heteroatoms. The van der Waals surface area contributed by atoms with Crippen LogP contribution in [0, 0.1) is 0 Å². The Labute approximate surface area is 123 Å². The Morgan fingerprint density at radius 3 is 2.14 bits per heavy atom. The summed E-state index contributed by atoms with van der Waals surface area (Å²) in [5.41, 5.74) is 9.17. The SMILES string of the molecule is NC(Cc1ccc(-c2ccccc2)cc1)CC(O)C(=O)O. The number of hydrogen-bond donors (Lipinski definition) is 3. The van der Waals surface area contributed by atoms with Crippen molar-refractivity contribution in [3.8, 4) is 11.1 Å². The van der Waals surface area contributed by atoms with Gasteiger partial charge in [0.25, 0.3) is 0 Å². The van der Waals surface area contributed by atoms with Gasteiger partial charge in [-0.2, -0.15) is 0 Å². The summed E-state index contributed by atoms with van der Waals surface area (Å²) >= 11 is 0. The molecule has 0 aromatic heterocycles. The Morgan fingerprint density at radius 2 is 1.57 bits per heavy atom. The number of aliphatic carboxylic acids is 1. The van der Waals surface area contributed by atoms with Gasteiger partial charge in [0.1, 0.15) is 0 Å². The molecule has 21 heavy (non-hydrogen) atoms. The fourth-order valence-electron chi connectivity index (χ4n) is 2.24. The topological polar surface area (TPSA) is 83.5 Å². The lowest BCUT2D eigenvalue weighted by Crippen LogP contribution is -2.32. The molecular formula is C17H19NO3. The van der Waals surface area contributed by atoms with Gasteiger partial charge in [-0.15, -0.1) is 0 Å². The van der Waals surface area contributed by atoms with Gasteiger partial charge in [0.2, 0.25) is 0 Å². The first-order chi connectivity index (χ1) is 10.1. The minimum Gasteiger partial charge on any atom is -0.479 e. The molecule has 0 radical (unpaired) electrons. The zero-order chi connectivity index (χ0) is 15.2. The van der Waals surface area contributed by atoms with E-state index in [2.05, 4.69) is 0 Å². The number of aliphatic hydroxyl groups excluding tert-OH is 1. The minimum atomic E-state index is -1.40. The summed E-state index contributed by atoms with van der Waals surface area (Å²) in [7, 11) is 0. The van der Waals surface area contributed by atoms with E-state index < -0.39 is 12.1 Å². The summed E-state index contributed by atoms with van der Waals surface area (Å²) in [6.45, 7) is 0. The minimum absolute atomic E-state index is 0.0514. The van der Waals surface area contributed by atoms with Crippen LogP contribution in [0.15, 0.2) is 54.6 Å². The summed E-state index contributed by atoms with van der Waals surface area (Å²) in [5, 5.41) is 17.9. The van der Waals surface area contributed by atoms with Gasteiger partial charge in [0.05, 0.1) is 0 Å². The van der Waals surface area contributed by atoms with Gasteiger partial charge < -0.3 is 15.9 Å². The van der Waals surface area contributed by atoms with Crippen LogP contribution in [0.25, 0.3) is 11.1 Å². The van der Waals surface area contributed by atoms with Crippen molar-refractivity contribution in [2.24, 2.45) is 5.73 Å². The molecule has 2 atom stereocenters. The van der Waals surface area contributed by atoms with Gasteiger partial charge in [0.15, 0.2) is 6.10 Å². The van der Waals surface area contributed by atoms with E-state index in [1.54, 1.807) is 0 Å². The molecule has 0 amide bonds. The van der Waals surface area contributed by atoms with E-state index in [1.807, 2.05) is 54.6 Å². The molecule has 0 heterocycles. The Bertz CT molecular complexity index is 581. The predicted molar refractivity (Wildman–Crippen MR) is 81.8 cm³/mol. The monoisotopic (exact) mass is 285 g/mol. The van der Waals surface area contributed by atoms with E-state index in [0.717, 1.165) is 16.7 Å². The molecule has 0 spiro atoms. The molecule has 0 aliphatic rings. The third-order valence-corrected chi connectivity index (χ3v) is 3.37. The molecule has 0 fully saturated rings. The molecule has 0 bridgehead atoms. The third-order valence-electron chi connectivity index (χ3n) is 3.37. The highest BCUT2D eigenvalue weighted by Crippen LogP contribution is 2.19. The molecule has 4 nitrogen and oxygen atoms in total. The number of benzene rings is 2. The first kappa shape index (κ1) is 15.2. The van der Waals surface area contributed by atoms with Crippen LogP contribution in [0.2, 0.25) is 0 Å². The Hall–Kier alpha value is -2.17. The molecule has 2 aromatic carbocycles. The van der Waals surface area contributed by atoms with E-state index in [0.29, 0.717) is 6.42 Å². The van der Waals surface area contributed by atoms with Crippen molar-refractivity contribution in [2.45, 2.75) is 25.0 Å². The lowest BCUT2D eigenvalue weighted by atomic mass is 9.98. The van der Waals surface area contributed by atoms with Gasteiger partial charge in [0, 0.05) is 6.04 Å². The van der Waals surface area contributed by atoms with Crippen molar-refractivity contribution in [1.82, 2.24) is 0 Å². The highest BCUT2D eigenvalue weighted by molar-refractivity contribution is 5.71. The summed E-state index contributed by atoms with van der Waals surface area (Å²) in [6.07, 6.45) is -0.807. The van der Waals surface area contributed by atoms with E-state index >= 15 is 0 Å². The molecular weight excluding hydrogens is 266 g/mol. The lowest BCUT2D eigenvalue weighted by molar-refractivity contribution is -0.147. The fourth-order valence-corrected chi connectivity index (χ4v) is 2.24. The van der Waals surface area contributed by atoms with Crippen LogP contribution in [-0.2, 0) is 11.2 Å². The molecule has 110 valence electrons. The number of hydrogen-bond acceptors (Lipinski definition) is 3. The zero-order valence-corrected chi connectivity index (χ0v) is 11.6. The van der Waals surface area contributed by atoms with Crippen molar-refractivity contribution >= 4 is 5.97 Å². The number of carboxylic acid groups (broad SMARTS) is 1. The zero-order valence-electron chi connectivity index (χ0n) is 11.6. The standard InChI is InChI=1S/C17H19NO3/c18-15(11-16(19)17(20)21)10-12-6-8-14(9-7-12)13-4-2-1-3-5-13/h1-9,15-16,19H,10-11,18H2,(H,20,21). The molecule has 0 saturated carbocycles. The molecule has 0 aliphatic heterocycles. The summed E-state index contributed by atoms with van der Waals surface area (Å²) < 4.78 is 0. The Balaban J connectivity index is 1.98. The van der Waals surface area contributed by atoms with Crippen molar-refractivity contribution in [2.75, 3.05) is 0 Å². The lowest BCUT2D eigenvalue weighted by Gasteiger charge is -2.14. The molecule has 2 unspecified atom stereocenters. The van der Waals surface area contributed by atoms with Crippen LogP contribution in [0.1, 0.15) is 12.0 Å². The summed E-state index contributed by atoms with van der Waals surface area (Å²) in [6, 6.07) is 17.7. The normalized spacial score (nSPS) is 13.6. The molecule has 4 N–H and O–H groups in total. The highest BCUT2D eigenvalue weighted by atomic mass is 16.4. The maximum atomic E-state index is 10.6. The van der Waals surface area contributed by atoms with Crippen LogP contribution in [-0.4, -0.2) is 28.3 Å². The predicted octanol–water partition coefficient (Wildman–Crippen LogP) is 2.06. The van der Waals surface area contributed by atoms with Crippen molar-refractivity contribution in [3.63, 3.8) is 0 Å². The van der Waals surface area contributed by atoms with Gasteiger partial charge in [-0.25, -0.2) is 4.79 Å². The number of aliphatic hydroxyl groups is 1. The smallest absolute Gasteiger partial charge is 0.332 e. The second-order valence-electron chi connectivity index (χ2n) is 5.12. The van der Waals surface area contributed by atoms with Gasteiger partial charge >= 0.3 is 5.97 Å². The van der Waals surface area contributed by atoms with Gasteiger partial charge in [-0.1, -0.05) is 54.6 Å². The van der Waals surface area contributed by atoms with Crippen LogP contribution >= 0.6 is 0 Å². The maximum Gasteiger partial charge on any atom is 0.332 e. The van der Waals surface area contributed by atoms with E-state index in [9.17, 15) is 9.90 Å². The highest BCUT2D eigenvalue weighted by Gasteiger charge is 2.17. The average molecular weight is 285 g/mol. The summed E-state index contributed by atoms with van der Waals surface area (Å²) in [5.74, 6) is -1.23. The van der Waals surface area contributed by atoms with Crippen molar-refractivity contribution in [3.05, 3.63) is 60.2 Å². The molecule has 2 rings (SSSR count). The molecule has 0 saturated heterocycles. The van der Waals surface area contributed by atoms with Crippen LogP contribution in [0.4, 0.5) is 0 Å². The average Bonchev–Trinajstić information content (AvgIpc) is 2.48. The fraction of sp³-hybridized carbons (Fsp3) is 0.235. The van der Waals surface area contributed by atoms with Crippen LogP contribution in [0.3, 0.4) is 0 Å². The molecule has 0 aliphatic carbocycles. The van der Waals surface area contributed by atoms with E-state index in [4.69, 9.17) is 10.8 Å². The number of carboxylic acids is 1. The number of carbonyl (C=O) groups is 1. The number of rotatable bonds is 6. The van der Waals surface area contributed by atoms with Crippen molar-refractivity contribution in [1.29, 1.82) is 0 Å². The van der Waals surface area contributed by atoms with E-state index in [-0.39, 0.29) is 12.5 Å². The second kappa shape index (κ2) is 7.02. The maximum absolute atomic E-state index is 10.6. The Kier molecular flexibility index (Phi) is 5.09.